The summed E-state index contributed by atoms with van der Waals surface area (Å²) >= 11 is 6.03. The molecule has 0 aliphatic carbocycles. The Balaban J connectivity index is 2.92. The summed E-state index contributed by atoms with van der Waals surface area (Å²) in [7, 11) is 3.54. The molecule has 0 radical (unpaired) electrons. The van der Waals surface area contributed by atoms with Crippen LogP contribution in [-0.2, 0) is 11.3 Å². The van der Waals surface area contributed by atoms with Crippen LogP contribution in [0.2, 0.25) is 5.02 Å². The Morgan fingerprint density at radius 3 is 2.65 bits per heavy atom. The molecule has 0 unspecified atom stereocenters. The van der Waals surface area contributed by atoms with Crippen LogP contribution in [0.1, 0.15) is 18.1 Å². The van der Waals surface area contributed by atoms with Gasteiger partial charge in [0, 0.05) is 17.1 Å². The molecule has 0 aliphatic rings. The lowest BCUT2D eigenvalue weighted by Crippen LogP contribution is -2.24. The Morgan fingerprint density at radius 1 is 1.47 bits per heavy atom. The number of likely N-dealkylation sites (N-methyl/N-ethyl adjacent to an activating group) is 1. The zero-order chi connectivity index (χ0) is 13.0. The number of aryl methyl sites for hydroxylation is 1. The molecular formula is C13H18ClNO2. The monoisotopic (exact) mass is 255 g/mol. The third kappa shape index (κ3) is 4.02. The van der Waals surface area contributed by atoms with Crippen LogP contribution in [0.15, 0.2) is 12.1 Å². The first-order valence-corrected chi connectivity index (χ1v) is 5.82. The first kappa shape index (κ1) is 14.0. The average Bonchev–Trinajstić information content (AvgIpc) is 2.15. The van der Waals surface area contributed by atoms with Gasteiger partial charge in [-0.1, -0.05) is 11.6 Å². The highest BCUT2D eigenvalue weighted by molar-refractivity contribution is 6.30. The van der Waals surface area contributed by atoms with Gasteiger partial charge in [0.25, 0.3) is 0 Å². The molecule has 0 atom stereocenters. The van der Waals surface area contributed by atoms with Crippen molar-refractivity contribution in [2.45, 2.75) is 20.4 Å². The number of ketones is 1. The summed E-state index contributed by atoms with van der Waals surface area (Å²) in [4.78, 5) is 13.0. The Kier molecular flexibility index (Phi) is 4.97. The third-order valence-corrected chi connectivity index (χ3v) is 2.67. The van der Waals surface area contributed by atoms with Gasteiger partial charge in [-0.25, -0.2) is 0 Å². The van der Waals surface area contributed by atoms with Crippen molar-refractivity contribution in [3.63, 3.8) is 0 Å². The molecule has 0 saturated carbocycles. The van der Waals surface area contributed by atoms with Gasteiger partial charge in [0.05, 0.1) is 13.7 Å². The van der Waals surface area contributed by atoms with Gasteiger partial charge < -0.3 is 4.74 Å². The molecule has 3 nitrogen and oxygen atoms in total. The number of hydrogen-bond donors (Lipinski definition) is 0. The first-order chi connectivity index (χ1) is 7.93. The van der Waals surface area contributed by atoms with E-state index in [1.165, 1.54) is 0 Å². The predicted octanol–water partition coefficient (Wildman–Crippen LogP) is 2.68. The second-order valence-corrected chi connectivity index (χ2v) is 4.73. The maximum absolute atomic E-state index is 11.0. The molecule has 0 saturated heterocycles. The number of Topliss-reactive ketones (excluding diaryl/α,β-unsaturated/α-hetero) is 1. The molecule has 1 rings (SSSR count). The molecular weight excluding hydrogens is 238 g/mol. The molecule has 4 heteroatoms. The summed E-state index contributed by atoms with van der Waals surface area (Å²) in [6.07, 6.45) is 0. The van der Waals surface area contributed by atoms with Gasteiger partial charge in [-0.3, -0.25) is 9.69 Å². The van der Waals surface area contributed by atoms with E-state index in [0.717, 1.165) is 16.9 Å². The van der Waals surface area contributed by atoms with E-state index in [0.29, 0.717) is 18.1 Å². The van der Waals surface area contributed by atoms with Crippen molar-refractivity contribution in [3.05, 3.63) is 28.3 Å². The van der Waals surface area contributed by atoms with Crippen LogP contribution < -0.4 is 4.74 Å². The second-order valence-electron chi connectivity index (χ2n) is 4.29. The fraction of sp³-hybridized carbons (Fsp3) is 0.462. The van der Waals surface area contributed by atoms with E-state index >= 15 is 0 Å². The molecule has 0 aromatic heterocycles. The van der Waals surface area contributed by atoms with Gasteiger partial charge in [-0.15, -0.1) is 0 Å². The summed E-state index contributed by atoms with van der Waals surface area (Å²) in [5.41, 5.74) is 2.01. The molecule has 1 aromatic rings. The standard InChI is InChI=1S/C13H18ClNO2/c1-9-5-12(14)6-11(13(9)17-4)8-15(3)7-10(2)16/h5-6H,7-8H2,1-4H3. The fourth-order valence-electron chi connectivity index (χ4n) is 1.94. The number of hydrogen-bond acceptors (Lipinski definition) is 3. The van der Waals surface area contributed by atoms with Crippen molar-refractivity contribution in [2.24, 2.45) is 0 Å². The zero-order valence-electron chi connectivity index (χ0n) is 10.7. The van der Waals surface area contributed by atoms with E-state index < -0.39 is 0 Å². The van der Waals surface area contributed by atoms with Crippen molar-refractivity contribution in [1.82, 2.24) is 4.90 Å². The number of methoxy groups -OCH3 is 1. The average molecular weight is 256 g/mol. The topological polar surface area (TPSA) is 29.5 Å². The minimum atomic E-state index is 0.144. The quantitative estimate of drug-likeness (QED) is 0.810. The third-order valence-electron chi connectivity index (χ3n) is 2.45. The number of carbonyl (C=O) groups is 1. The van der Waals surface area contributed by atoms with E-state index in [1.54, 1.807) is 14.0 Å². The SMILES string of the molecule is COc1c(C)cc(Cl)cc1CN(C)CC(C)=O. The highest BCUT2D eigenvalue weighted by atomic mass is 35.5. The van der Waals surface area contributed by atoms with Crippen molar-refractivity contribution >= 4 is 17.4 Å². The van der Waals surface area contributed by atoms with Crippen LogP contribution in [0.25, 0.3) is 0 Å². The Morgan fingerprint density at radius 2 is 2.12 bits per heavy atom. The van der Waals surface area contributed by atoms with Crippen LogP contribution in [0, 0.1) is 6.92 Å². The molecule has 0 spiro atoms. The number of benzene rings is 1. The molecule has 17 heavy (non-hydrogen) atoms. The smallest absolute Gasteiger partial charge is 0.143 e. The van der Waals surface area contributed by atoms with Gasteiger partial charge >= 0.3 is 0 Å². The highest BCUT2D eigenvalue weighted by Crippen LogP contribution is 2.28. The van der Waals surface area contributed by atoms with Crippen molar-refractivity contribution < 1.29 is 9.53 Å². The lowest BCUT2D eigenvalue weighted by atomic mass is 10.1. The van der Waals surface area contributed by atoms with Gasteiger partial charge in [-0.2, -0.15) is 0 Å². The summed E-state index contributed by atoms with van der Waals surface area (Å²) in [6.45, 7) is 4.61. The molecule has 1 aromatic carbocycles. The van der Waals surface area contributed by atoms with E-state index in [9.17, 15) is 4.79 Å². The van der Waals surface area contributed by atoms with Crippen LogP contribution in [0.4, 0.5) is 0 Å². The van der Waals surface area contributed by atoms with Crippen LogP contribution >= 0.6 is 11.6 Å². The number of nitrogens with zero attached hydrogens (tertiary/aromatic N) is 1. The summed E-state index contributed by atoms with van der Waals surface area (Å²) < 4.78 is 5.37. The van der Waals surface area contributed by atoms with E-state index in [4.69, 9.17) is 16.3 Å². The Labute approximate surface area is 107 Å². The van der Waals surface area contributed by atoms with E-state index in [2.05, 4.69) is 0 Å². The fourth-order valence-corrected chi connectivity index (χ4v) is 2.23. The Bertz CT molecular complexity index is 418. The lowest BCUT2D eigenvalue weighted by molar-refractivity contribution is -0.117. The molecule has 0 N–H and O–H groups in total. The normalized spacial score (nSPS) is 10.7. The molecule has 0 aliphatic heterocycles. The van der Waals surface area contributed by atoms with E-state index in [-0.39, 0.29) is 5.78 Å². The molecule has 94 valence electrons. The number of carbonyl (C=O) groups excluding carboxylic acids is 1. The predicted molar refractivity (Wildman–Crippen MR) is 69.8 cm³/mol. The second kappa shape index (κ2) is 6.03. The minimum Gasteiger partial charge on any atom is -0.496 e. The largest absolute Gasteiger partial charge is 0.496 e. The van der Waals surface area contributed by atoms with Crippen molar-refractivity contribution in [3.8, 4) is 5.75 Å². The maximum atomic E-state index is 11.0. The Hall–Kier alpha value is -1.06. The zero-order valence-corrected chi connectivity index (χ0v) is 11.5. The summed E-state index contributed by atoms with van der Waals surface area (Å²) in [6, 6.07) is 3.75. The van der Waals surface area contributed by atoms with Crippen LogP contribution in [0.5, 0.6) is 5.75 Å². The number of ether oxygens (including phenoxy) is 1. The lowest BCUT2D eigenvalue weighted by Gasteiger charge is -2.18. The molecule has 0 fully saturated rings. The van der Waals surface area contributed by atoms with Gasteiger partial charge in [0.15, 0.2) is 0 Å². The van der Waals surface area contributed by atoms with Gasteiger partial charge in [0.2, 0.25) is 0 Å². The van der Waals surface area contributed by atoms with Crippen molar-refractivity contribution in [2.75, 3.05) is 20.7 Å². The summed E-state index contributed by atoms with van der Waals surface area (Å²) in [5, 5.41) is 0.689. The highest BCUT2D eigenvalue weighted by Gasteiger charge is 2.11. The maximum Gasteiger partial charge on any atom is 0.143 e. The first-order valence-electron chi connectivity index (χ1n) is 5.45. The van der Waals surface area contributed by atoms with E-state index in [1.807, 2.05) is 31.0 Å². The summed E-state index contributed by atoms with van der Waals surface area (Å²) in [5.74, 6) is 0.981. The van der Waals surface area contributed by atoms with Crippen molar-refractivity contribution in [1.29, 1.82) is 0 Å². The van der Waals surface area contributed by atoms with Crippen LogP contribution in [-0.4, -0.2) is 31.4 Å². The molecule has 0 amide bonds. The number of halogens is 1. The molecule has 0 bridgehead atoms. The van der Waals surface area contributed by atoms with Gasteiger partial charge in [0.1, 0.15) is 11.5 Å². The minimum absolute atomic E-state index is 0.144. The van der Waals surface area contributed by atoms with Gasteiger partial charge in [-0.05, 0) is 38.6 Å². The van der Waals surface area contributed by atoms with Crippen LogP contribution in [0.3, 0.4) is 0 Å². The molecule has 0 heterocycles. The number of rotatable bonds is 5.